The number of ether oxygens (including phenoxy) is 2. The monoisotopic (exact) mass is 635 g/mol. The second-order valence-electron chi connectivity index (χ2n) is 13.6. The van der Waals surface area contributed by atoms with Crippen molar-refractivity contribution >= 4 is 23.9 Å². The van der Waals surface area contributed by atoms with Gasteiger partial charge in [-0.25, -0.2) is 9.59 Å². The van der Waals surface area contributed by atoms with Crippen LogP contribution in [0.2, 0.25) is 0 Å². The van der Waals surface area contributed by atoms with Crippen molar-refractivity contribution in [3.63, 3.8) is 0 Å². The number of hydrogen-bond donors (Lipinski definition) is 1. The van der Waals surface area contributed by atoms with Crippen molar-refractivity contribution in [3.05, 3.63) is 83.4 Å². The first-order chi connectivity index (χ1) is 21.4. The van der Waals surface area contributed by atoms with Crippen LogP contribution in [-0.4, -0.2) is 78.1 Å². The average Bonchev–Trinajstić information content (AvgIpc) is 2.98. The fourth-order valence-electron chi connectivity index (χ4n) is 5.47. The van der Waals surface area contributed by atoms with Crippen LogP contribution in [0.1, 0.15) is 73.4 Å². The van der Waals surface area contributed by atoms with Gasteiger partial charge in [-0.15, -0.1) is 0 Å². The molecule has 2 rings (SSSR count). The molecule has 0 spiro atoms. The van der Waals surface area contributed by atoms with Gasteiger partial charge in [-0.05, 0) is 51.7 Å². The van der Waals surface area contributed by atoms with E-state index >= 15 is 0 Å². The van der Waals surface area contributed by atoms with Crippen LogP contribution >= 0.6 is 0 Å². The Kier molecular flexibility index (Phi) is 13.6. The van der Waals surface area contributed by atoms with Gasteiger partial charge in [0, 0.05) is 31.5 Å². The summed E-state index contributed by atoms with van der Waals surface area (Å²) in [5.74, 6) is -1.32. The fraction of sp³-hybridized carbons (Fsp3) is 0.514. The minimum Gasteiger partial charge on any atom is -0.463 e. The topological polar surface area (TPSA) is 105 Å². The molecule has 0 radical (unpaired) electrons. The highest BCUT2D eigenvalue weighted by Crippen LogP contribution is 2.31. The number of benzene rings is 2. The summed E-state index contributed by atoms with van der Waals surface area (Å²) in [5.41, 5.74) is 0.441. The molecule has 1 N–H and O–H groups in total. The number of hydrogen-bond acceptors (Lipinski definition) is 6. The van der Waals surface area contributed by atoms with Gasteiger partial charge in [0.25, 0.3) is 0 Å². The van der Waals surface area contributed by atoms with Crippen molar-refractivity contribution in [3.8, 4) is 0 Å². The fourth-order valence-corrected chi connectivity index (χ4v) is 5.47. The van der Waals surface area contributed by atoms with Crippen LogP contribution in [0.15, 0.2) is 72.3 Å². The van der Waals surface area contributed by atoms with Gasteiger partial charge in [0.1, 0.15) is 17.7 Å². The lowest BCUT2D eigenvalue weighted by Crippen LogP contribution is -2.61. The highest BCUT2D eigenvalue weighted by Gasteiger charge is 2.44. The van der Waals surface area contributed by atoms with Gasteiger partial charge in [-0.1, -0.05) is 94.4 Å². The van der Waals surface area contributed by atoms with E-state index in [0.29, 0.717) is 5.57 Å². The van der Waals surface area contributed by atoms with Gasteiger partial charge in [-0.3, -0.25) is 14.5 Å². The summed E-state index contributed by atoms with van der Waals surface area (Å²) in [5, 5.41) is 3.02. The van der Waals surface area contributed by atoms with Crippen LogP contribution in [0.3, 0.4) is 0 Å². The molecule has 0 bridgehead atoms. The van der Waals surface area contributed by atoms with Gasteiger partial charge in [-0.2, -0.15) is 0 Å². The van der Waals surface area contributed by atoms with E-state index in [1.165, 1.54) is 4.90 Å². The Labute approximate surface area is 275 Å². The third-order valence-electron chi connectivity index (χ3n) is 7.91. The van der Waals surface area contributed by atoms with Crippen LogP contribution in [0.4, 0.5) is 4.79 Å². The largest absolute Gasteiger partial charge is 0.463 e. The van der Waals surface area contributed by atoms with E-state index in [1.54, 1.807) is 59.7 Å². The van der Waals surface area contributed by atoms with E-state index in [4.69, 9.17) is 9.47 Å². The Morgan fingerprint density at radius 3 is 1.91 bits per heavy atom. The zero-order chi connectivity index (χ0) is 34.8. The molecule has 3 atom stereocenters. The molecule has 46 heavy (non-hydrogen) atoms. The van der Waals surface area contributed by atoms with Gasteiger partial charge in [0.05, 0.1) is 12.6 Å². The van der Waals surface area contributed by atoms with Gasteiger partial charge in [0.15, 0.2) is 0 Å². The van der Waals surface area contributed by atoms with Crippen molar-refractivity contribution in [1.82, 2.24) is 15.1 Å². The summed E-state index contributed by atoms with van der Waals surface area (Å²) in [4.78, 5) is 57.4. The van der Waals surface area contributed by atoms with Crippen molar-refractivity contribution in [2.45, 2.75) is 97.9 Å². The van der Waals surface area contributed by atoms with Crippen molar-refractivity contribution in [2.24, 2.45) is 5.92 Å². The maximum atomic E-state index is 14.4. The third-order valence-corrected chi connectivity index (χ3v) is 7.91. The molecule has 0 aliphatic heterocycles. The Morgan fingerprint density at radius 2 is 1.41 bits per heavy atom. The summed E-state index contributed by atoms with van der Waals surface area (Å²) in [6.07, 6.45) is 1.30. The van der Waals surface area contributed by atoms with E-state index in [-0.39, 0.29) is 24.9 Å². The minimum atomic E-state index is -1.03. The highest BCUT2D eigenvalue weighted by atomic mass is 16.6. The number of nitrogens with zero attached hydrogens (tertiary/aromatic N) is 2. The molecule has 0 aliphatic carbocycles. The van der Waals surface area contributed by atoms with E-state index in [1.807, 2.05) is 88.4 Å². The third kappa shape index (κ3) is 10.5. The summed E-state index contributed by atoms with van der Waals surface area (Å²) < 4.78 is 10.8. The van der Waals surface area contributed by atoms with Crippen LogP contribution in [0.25, 0.3) is 0 Å². The first-order valence-corrected chi connectivity index (χ1v) is 15.9. The van der Waals surface area contributed by atoms with E-state index in [0.717, 1.165) is 11.1 Å². The van der Waals surface area contributed by atoms with Crippen LogP contribution in [0.5, 0.6) is 0 Å². The second-order valence-corrected chi connectivity index (χ2v) is 13.6. The first-order valence-electron chi connectivity index (χ1n) is 15.9. The summed E-state index contributed by atoms with van der Waals surface area (Å²) in [6.45, 7) is 16.7. The molecular formula is C37H53N3O6. The van der Waals surface area contributed by atoms with Crippen LogP contribution in [-0.2, 0) is 35.7 Å². The number of esters is 1. The zero-order valence-corrected chi connectivity index (χ0v) is 29.4. The molecule has 252 valence electrons. The van der Waals surface area contributed by atoms with Crippen LogP contribution < -0.4 is 5.32 Å². The Hall–Kier alpha value is -4.14. The molecule has 0 unspecified atom stereocenters. The molecule has 0 aromatic heterocycles. The molecule has 0 heterocycles. The van der Waals surface area contributed by atoms with Gasteiger partial charge in [0.2, 0.25) is 11.8 Å². The quantitative estimate of drug-likeness (QED) is 0.217. The molecule has 0 fully saturated rings. The second kappa shape index (κ2) is 16.4. The predicted octanol–water partition coefficient (Wildman–Crippen LogP) is 5.92. The van der Waals surface area contributed by atoms with Crippen molar-refractivity contribution < 1.29 is 28.7 Å². The Morgan fingerprint density at radius 1 is 0.870 bits per heavy atom. The van der Waals surface area contributed by atoms with E-state index < -0.39 is 47.1 Å². The van der Waals surface area contributed by atoms with Crippen molar-refractivity contribution in [1.29, 1.82) is 0 Å². The Bertz CT molecular complexity index is 1350. The maximum absolute atomic E-state index is 14.4. The highest BCUT2D eigenvalue weighted by molar-refractivity contribution is 5.93. The summed E-state index contributed by atoms with van der Waals surface area (Å²) in [7, 11) is 3.21. The number of nitrogens with one attached hydrogen (secondary N) is 1. The Balaban J connectivity index is 2.58. The van der Waals surface area contributed by atoms with Gasteiger partial charge < -0.3 is 19.7 Å². The molecular weight excluding hydrogens is 582 g/mol. The number of carbonyl (C=O) groups excluding carboxylic acids is 4. The number of likely N-dealkylation sites (N-methyl/N-ethyl adjacent to an activating group) is 2. The van der Waals surface area contributed by atoms with Crippen molar-refractivity contribution in [2.75, 3.05) is 20.7 Å². The molecule has 9 heteroatoms. The molecule has 0 saturated carbocycles. The molecule has 9 nitrogen and oxygen atoms in total. The lowest BCUT2D eigenvalue weighted by atomic mass is 9.76. The summed E-state index contributed by atoms with van der Waals surface area (Å²) in [6, 6.07) is 16.5. The smallest absolute Gasteiger partial charge is 0.410 e. The maximum Gasteiger partial charge on any atom is 0.410 e. The number of rotatable bonds is 13. The molecule has 0 aliphatic rings. The average molecular weight is 636 g/mol. The molecule has 3 amide bonds. The predicted molar refractivity (Wildman–Crippen MR) is 181 cm³/mol. The normalized spacial score (nSPS) is 14.1. The number of carbonyl (C=O) groups is 4. The molecule has 2 aromatic carbocycles. The van der Waals surface area contributed by atoms with Gasteiger partial charge >= 0.3 is 12.1 Å². The van der Waals surface area contributed by atoms with E-state index in [2.05, 4.69) is 5.32 Å². The standard InChI is InChI=1S/C37H53N3O6/c1-12-45-34(43)26(4)23-30(25(2)3)39(10)33(42)29(24-27-19-15-13-16-20-27)38-32(41)31(40(11)35(44)46-36(5,6)7)37(8,9)28-21-17-14-18-22-28/h13-23,25,29-31H,12,24H2,1-11H3,(H,38,41)/t29-,30+,31+/m0/s1. The van der Waals surface area contributed by atoms with E-state index in [9.17, 15) is 19.2 Å². The first kappa shape index (κ1) is 38.0. The lowest BCUT2D eigenvalue weighted by molar-refractivity contribution is -0.139. The molecule has 2 aromatic rings. The SMILES string of the molecule is CCOC(=O)C(C)=C[C@H](C(C)C)N(C)C(=O)[C@H](Cc1ccccc1)NC(=O)[C@@H](N(C)C(=O)OC(C)(C)C)C(C)(C)c1ccccc1. The lowest BCUT2D eigenvalue weighted by Gasteiger charge is -2.41. The summed E-state index contributed by atoms with van der Waals surface area (Å²) >= 11 is 0. The van der Waals surface area contributed by atoms with Crippen LogP contribution in [0, 0.1) is 5.92 Å². The zero-order valence-electron chi connectivity index (χ0n) is 29.4. The number of amides is 3. The molecule has 0 saturated heterocycles. The minimum absolute atomic E-state index is 0.0468.